The molecule has 2 N–H and O–H groups in total. The lowest BCUT2D eigenvalue weighted by atomic mass is 10.1. The van der Waals surface area contributed by atoms with E-state index in [4.69, 9.17) is 5.73 Å². The van der Waals surface area contributed by atoms with E-state index in [9.17, 15) is 0 Å². The summed E-state index contributed by atoms with van der Waals surface area (Å²) in [5.74, 6) is 1.26. The Morgan fingerprint density at radius 2 is 2.64 bits per heavy atom. The molecule has 0 bridgehead atoms. The molecule has 0 saturated carbocycles. The Labute approximate surface area is 89.1 Å². The number of hydrogen-bond acceptors (Lipinski definition) is 3. The number of aryl methyl sites for hydroxylation is 1. The molecule has 4 heteroatoms. The van der Waals surface area contributed by atoms with Gasteiger partial charge in [0.15, 0.2) is 0 Å². The van der Waals surface area contributed by atoms with Crippen LogP contribution in [-0.4, -0.2) is 20.6 Å². The molecule has 1 aliphatic heterocycles. The van der Waals surface area contributed by atoms with Crippen LogP contribution in [0.4, 0.5) is 0 Å². The molecule has 2 heterocycles. The van der Waals surface area contributed by atoms with Gasteiger partial charge in [-0.1, -0.05) is 0 Å². The largest absolute Gasteiger partial charge is 0.337 e. The first-order chi connectivity index (χ1) is 6.81. The highest BCUT2D eigenvalue weighted by atomic mass is 32.2. The Hall–Kier alpha value is -0.480. The zero-order valence-corrected chi connectivity index (χ0v) is 9.33. The van der Waals surface area contributed by atoms with Crippen molar-refractivity contribution in [3.63, 3.8) is 0 Å². The summed E-state index contributed by atoms with van der Waals surface area (Å²) in [6.07, 6.45) is 6.49. The van der Waals surface area contributed by atoms with Crippen LogP contribution in [0.3, 0.4) is 0 Å². The minimum Gasteiger partial charge on any atom is -0.337 e. The van der Waals surface area contributed by atoms with E-state index in [1.54, 1.807) is 0 Å². The van der Waals surface area contributed by atoms with Crippen molar-refractivity contribution in [3.8, 4) is 0 Å². The second-order valence-corrected chi connectivity index (χ2v) is 5.05. The average molecular weight is 211 g/mol. The summed E-state index contributed by atoms with van der Waals surface area (Å²) in [5, 5.41) is 0.579. The highest BCUT2D eigenvalue weighted by Gasteiger charge is 2.25. The number of hydrogen-bond donors (Lipinski definition) is 1. The Morgan fingerprint density at radius 1 is 1.79 bits per heavy atom. The van der Waals surface area contributed by atoms with Gasteiger partial charge in [0.2, 0.25) is 0 Å². The van der Waals surface area contributed by atoms with Crippen molar-refractivity contribution in [2.24, 2.45) is 5.73 Å². The molecule has 3 nitrogen and oxygen atoms in total. The third-order valence-corrected chi connectivity index (χ3v) is 4.21. The minimum atomic E-state index is 0.121. The fourth-order valence-corrected chi connectivity index (χ4v) is 3.11. The first kappa shape index (κ1) is 10.1. The van der Waals surface area contributed by atoms with Crippen molar-refractivity contribution in [1.29, 1.82) is 0 Å². The van der Waals surface area contributed by atoms with E-state index in [0.717, 1.165) is 12.2 Å². The molecule has 0 radical (unpaired) electrons. The van der Waals surface area contributed by atoms with E-state index in [1.165, 1.54) is 18.6 Å². The SMILES string of the molecule is CCn1cnc(C(N)C2CCCS2)c1. The van der Waals surface area contributed by atoms with Crippen molar-refractivity contribution in [2.45, 2.75) is 37.6 Å². The van der Waals surface area contributed by atoms with Gasteiger partial charge < -0.3 is 10.3 Å². The summed E-state index contributed by atoms with van der Waals surface area (Å²) in [6.45, 7) is 3.08. The molecule has 0 spiro atoms. The number of nitrogens with zero attached hydrogens (tertiary/aromatic N) is 2. The van der Waals surface area contributed by atoms with Crippen molar-refractivity contribution in [3.05, 3.63) is 18.2 Å². The predicted octanol–water partition coefficient (Wildman–Crippen LogP) is 1.80. The van der Waals surface area contributed by atoms with Crippen molar-refractivity contribution < 1.29 is 0 Å². The summed E-state index contributed by atoms with van der Waals surface area (Å²) in [7, 11) is 0. The highest BCUT2D eigenvalue weighted by Crippen LogP contribution is 2.33. The molecule has 14 heavy (non-hydrogen) atoms. The van der Waals surface area contributed by atoms with E-state index in [-0.39, 0.29) is 6.04 Å². The lowest BCUT2D eigenvalue weighted by Gasteiger charge is -2.15. The molecular formula is C10H17N3S. The predicted molar refractivity (Wildman–Crippen MR) is 60.3 cm³/mol. The molecule has 1 saturated heterocycles. The number of imidazole rings is 1. The first-order valence-electron chi connectivity index (χ1n) is 5.20. The van der Waals surface area contributed by atoms with E-state index < -0.39 is 0 Å². The molecule has 1 aromatic heterocycles. The van der Waals surface area contributed by atoms with Gasteiger partial charge in [-0.05, 0) is 25.5 Å². The Kier molecular flexibility index (Phi) is 3.13. The van der Waals surface area contributed by atoms with Gasteiger partial charge in [-0.25, -0.2) is 4.98 Å². The average Bonchev–Trinajstić information content (AvgIpc) is 2.88. The molecule has 1 aliphatic rings. The van der Waals surface area contributed by atoms with Crippen molar-refractivity contribution >= 4 is 11.8 Å². The zero-order valence-electron chi connectivity index (χ0n) is 8.52. The maximum atomic E-state index is 6.17. The molecular weight excluding hydrogens is 194 g/mol. The van der Waals surface area contributed by atoms with Gasteiger partial charge in [0.05, 0.1) is 18.1 Å². The van der Waals surface area contributed by atoms with Gasteiger partial charge in [0.1, 0.15) is 0 Å². The van der Waals surface area contributed by atoms with Gasteiger partial charge in [-0.3, -0.25) is 0 Å². The molecule has 2 unspecified atom stereocenters. The Morgan fingerprint density at radius 3 is 3.21 bits per heavy atom. The van der Waals surface area contributed by atoms with E-state index in [0.29, 0.717) is 5.25 Å². The van der Waals surface area contributed by atoms with Gasteiger partial charge in [-0.2, -0.15) is 11.8 Å². The Balaban J connectivity index is 2.05. The van der Waals surface area contributed by atoms with Crippen LogP contribution in [0.2, 0.25) is 0 Å². The number of nitrogens with two attached hydrogens (primary N) is 1. The second kappa shape index (κ2) is 4.36. The lowest BCUT2D eigenvalue weighted by Crippen LogP contribution is -2.21. The van der Waals surface area contributed by atoms with Crippen LogP contribution < -0.4 is 5.73 Å². The van der Waals surface area contributed by atoms with Crippen LogP contribution in [0.15, 0.2) is 12.5 Å². The van der Waals surface area contributed by atoms with Crippen LogP contribution in [0.25, 0.3) is 0 Å². The summed E-state index contributed by atoms with van der Waals surface area (Å²) < 4.78 is 2.08. The van der Waals surface area contributed by atoms with Crippen molar-refractivity contribution in [1.82, 2.24) is 9.55 Å². The molecule has 1 fully saturated rings. The molecule has 2 rings (SSSR count). The fraction of sp³-hybridized carbons (Fsp3) is 0.700. The lowest BCUT2D eigenvalue weighted by molar-refractivity contribution is 0.631. The molecule has 2 atom stereocenters. The van der Waals surface area contributed by atoms with E-state index in [2.05, 4.69) is 22.7 Å². The highest BCUT2D eigenvalue weighted by molar-refractivity contribution is 8.00. The molecule has 1 aromatic rings. The van der Waals surface area contributed by atoms with Gasteiger partial charge in [-0.15, -0.1) is 0 Å². The van der Waals surface area contributed by atoms with Crippen LogP contribution in [0, 0.1) is 0 Å². The van der Waals surface area contributed by atoms with Crippen LogP contribution in [0.5, 0.6) is 0 Å². The first-order valence-corrected chi connectivity index (χ1v) is 6.25. The van der Waals surface area contributed by atoms with Gasteiger partial charge in [0.25, 0.3) is 0 Å². The third-order valence-electron chi connectivity index (χ3n) is 2.73. The summed E-state index contributed by atoms with van der Waals surface area (Å²) >= 11 is 1.99. The smallest absolute Gasteiger partial charge is 0.0950 e. The summed E-state index contributed by atoms with van der Waals surface area (Å²) in [4.78, 5) is 4.36. The van der Waals surface area contributed by atoms with E-state index >= 15 is 0 Å². The molecule has 0 amide bonds. The normalized spacial score (nSPS) is 24.0. The van der Waals surface area contributed by atoms with Crippen LogP contribution in [0.1, 0.15) is 31.5 Å². The number of thioether (sulfide) groups is 1. The monoisotopic (exact) mass is 211 g/mol. The standard InChI is InChI=1S/C10H17N3S/c1-2-13-6-8(12-7-13)10(11)9-4-3-5-14-9/h6-7,9-10H,2-5,11H2,1H3. The number of rotatable bonds is 3. The summed E-state index contributed by atoms with van der Waals surface area (Å²) in [6, 6.07) is 0.121. The van der Waals surface area contributed by atoms with E-state index in [1.807, 2.05) is 18.1 Å². The number of aromatic nitrogens is 2. The quantitative estimate of drug-likeness (QED) is 0.829. The van der Waals surface area contributed by atoms with Crippen molar-refractivity contribution in [2.75, 3.05) is 5.75 Å². The summed E-state index contributed by atoms with van der Waals surface area (Å²) in [5.41, 5.74) is 7.22. The minimum absolute atomic E-state index is 0.121. The third kappa shape index (κ3) is 1.96. The fourth-order valence-electron chi connectivity index (χ4n) is 1.80. The topological polar surface area (TPSA) is 43.8 Å². The maximum absolute atomic E-state index is 6.17. The molecule has 0 aliphatic carbocycles. The molecule has 0 aromatic carbocycles. The van der Waals surface area contributed by atoms with Gasteiger partial charge in [0, 0.05) is 18.0 Å². The Bertz CT molecular complexity index is 291. The maximum Gasteiger partial charge on any atom is 0.0950 e. The zero-order chi connectivity index (χ0) is 9.97. The van der Waals surface area contributed by atoms with Crippen LogP contribution in [-0.2, 0) is 6.54 Å². The second-order valence-electron chi connectivity index (χ2n) is 3.71. The van der Waals surface area contributed by atoms with Crippen LogP contribution >= 0.6 is 11.8 Å². The molecule has 78 valence electrons. The van der Waals surface area contributed by atoms with Gasteiger partial charge >= 0.3 is 0 Å².